The van der Waals surface area contributed by atoms with Crippen LogP contribution in [0.1, 0.15) is 43.0 Å². The number of benzene rings is 2. The molecule has 1 N–H and O–H groups in total. The summed E-state index contributed by atoms with van der Waals surface area (Å²) in [5.41, 5.74) is 2.80. The standard InChI is InChI=1S/C20H27NO3S/c1-15(2)12-20(18-8-10-19(24-4)11-9-18)21-25(22,23)14-17-7-5-6-16(3)13-17/h5-11,13,15,20-21H,12,14H2,1-4H3/t20-/m1/s1. The molecule has 0 amide bonds. The van der Waals surface area contributed by atoms with Crippen LogP contribution in [0.3, 0.4) is 0 Å². The highest BCUT2D eigenvalue weighted by Crippen LogP contribution is 2.25. The van der Waals surface area contributed by atoms with Crippen molar-refractivity contribution in [2.24, 2.45) is 5.92 Å². The Hall–Kier alpha value is -1.85. The molecule has 0 fully saturated rings. The van der Waals surface area contributed by atoms with Crippen LogP contribution in [0.25, 0.3) is 0 Å². The molecule has 0 aliphatic rings. The van der Waals surface area contributed by atoms with Gasteiger partial charge in [-0.2, -0.15) is 0 Å². The molecule has 4 nitrogen and oxygen atoms in total. The molecule has 0 radical (unpaired) electrons. The Morgan fingerprint density at radius 1 is 1.08 bits per heavy atom. The molecular formula is C20H27NO3S. The predicted molar refractivity (Wildman–Crippen MR) is 102 cm³/mol. The van der Waals surface area contributed by atoms with Crippen molar-refractivity contribution in [1.29, 1.82) is 0 Å². The second kappa shape index (κ2) is 8.50. The number of aryl methyl sites for hydroxylation is 1. The van der Waals surface area contributed by atoms with Crippen LogP contribution < -0.4 is 9.46 Å². The molecule has 2 aromatic rings. The molecule has 2 rings (SSSR count). The Balaban J connectivity index is 2.19. The maximum absolute atomic E-state index is 12.7. The van der Waals surface area contributed by atoms with Gasteiger partial charge in [0.25, 0.3) is 0 Å². The lowest BCUT2D eigenvalue weighted by Gasteiger charge is -2.21. The minimum absolute atomic E-state index is 0.0145. The highest BCUT2D eigenvalue weighted by atomic mass is 32.2. The molecule has 2 aromatic carbocycles. The van der Waals surface area contributed by atoms with E-state index in [-0.39, 0.29) is 11.8 Å². The van der Waals surface area contributed by atoms with E-state index in [1.54, 1.807) is 7.11 Å². The maximum Gasteiger partial charge on any atom is 0.216 e. The predicted octanol–water partition coefficient (Wildman–Crippen LogP) is 4.21. The first-order valence-electron chi connectivity index (χ1n) is 8.48. The molecule has 0 saturated carbocycles. The fourth-order valence-electron chi connectivity index (χ4n) is 2.84. The number of nitrogens with one attached hydrogen (secondary N) is 1. The van der Waals surface area contributed by atoms with E-state index in [1.807, 2.05) is 55.5 Å². The third-order valence-corrected chi connectivity index (χ3v) is 5.34. The summed E-state index contributed by atoms with van der Waals surface area (Å²) in [7, 11) is -1.83. The monoisotopic (exact) mass is 361 g/mol. The van der Waals surface area contributed by atoms with E-state index in [9.17, 15) is 8.42 Å². The molecule has 0 aliphatic carbocycles. The van der Waals surface area contributed by atoms with Gasteiger partial charge >= 0.3 is 0 Å². The SMILES string of the molecule is COc1ccc([C@@H](CC(C)C)NS(=O)(=O)Cc2cccc(C)c2)cc1. The lowest BCUT2D eigenvalue weighted by molar-refractivity contribution is 0.414. The number of ether oxygens (including phenoxy) is 1. The van der Waals surface area contributed by atoms with Crippen molar-refractivity contribution >= 4 is 10.0 Å². The minimum atomic E-state index is -3.44. The molecule has 0 bridgehead atoms. The Morgan fingerprint density at radius 3 is 2.32 bits per heavy atom. The van der Waals surface area contributed by atoms with Crippen LogP contribution in [0.2, 0.25) is 0 Å². The van der Waals surface area contributed by atoms with E-state index < -0.39 is 10.0 Å². The quantitative estimate of drug-likeness (QED) is 0.766. The van der Waals surface area contributed by atoms with Gasteiger partial charge in [-0.15, -0.1) is 0 Å². The fraction of sp³-hybridized carbons (Fsp3) is 0.400. The zero-order chi connectivity index (χ0) is 18.4. The second-order valence-electron chi connectivity index (χ2n) is 6.82. The van der Waals surface area contributed by atoms with Crippen LogP contribution in [-0.2, 0) is 15.8 Å². The van der Waals surface area contributed by atoms with Crippen LogP contribution in [0.4, 0.5) is 0 Å². The topological polar surface area (TPSA) is 55.4 Å². The lowest BCUT2D eigenvalue weighted by Crippen LogP contribution is -2.30. The first-order valence-corrected chi connectivity index (χ1v) is 10.1. The molecule has 0 spiro atoms. The van der Waals surface area contributed by atoms with Gasteiger partial charge in [-0.25, -0.2) is 13.1 Å². The molecule has 0 aromatic heterocycles. The van der Waals surface area contributed by atoms with E-state index in [2.05, 4.69) is 18.6 Å². The zero-order valence-corrected chi connectivity index (χ0v) is 16.1. The number of rotatable bonds is 8. The zero-order valence-electron chi connectivity index (χ0n) is 15.3. The number of hydrogen-bond acceptors (Lipinski definition) is 3. The van der Waals surface area contributed by atoms with E-state index in [4.69, 9.17) is 4.74 Å². The third-order valence-electron chi connectivity index (χ3n) is 3.99. The summed E-state index contributed by atoms with van der Waals surface area (Å²) in [5, 5.41) is 0. The molecule has 5 heteroatoms. The van der Waals surface area contributed by atoms with Crippen LogP contribution >= 0.6 is 0 Å². The molecule has 0 heterocycles. The van der Waals surface area contributed by atoms with E-state index in [1.165, 1.54) is 0 Å². The average Bonchev–Trinajstić information content (AvgIpc) is 2.53. The summed E-state index contributed by atoms with van der Waals surface area (Å²) in [4.78, 5) is 0. The first-order chi connectivity index (χ1) is 11.8. The molecule has 25 heavy (non-hydrogen) atoms. The van der Waals surface area contributed by atoms with Gasteiger partial charge in [0.2, 0.25) is 10.0 Å². The van der Waals surface area contributed by atoms with Gasteiger partial charge in [-0.05, 0) is 42.5 Å². The van der Waals surface area contributed by atoms with Gasteiger partial charge in [-0.1, -0.05) is 55.8 Å². The van der Waals surface area contributed by atoms with Crippen molar-refractivity contribution in [3.63, 3.8) is 0 Å². The van der Waals surface area contributed by atoms with Gasteiger partial charge in [0.05, 0.1) is 12.9 Å². The highest BCUT2D eigenvalue weighted by Gasteiger charge is 2.21. The second-order valence-corrected chi connectivity index (χ2v) is 8.58. The fourth-order valence-corrected chi connectivity index (χ4v) is 4.21. The van der Waals surface area contributed by atoms with Crippen LogP contribution in [0.5, 0.6) is 5.75 Å². The summed E-state index contributed by atoms with van der Waals surface area (Å²) in [6.45, 7) is 6.14. The number of methoxy groups -OCH3 is 1. The van der Waals surface area contributed by atoms with E-state index in [0.717, 1.165) is 28.9 Å². The van der Waals surface area contributed by atoms with Crippen molar-refractivity contribution in [2.45, 2.75) is 39.0 Å². The van der Waals surface area contributed by atoms with E-state index in [0.29, 0.717) is 5.92 Å². The summed E-state index contributed by atoms with van der Waals surface area (Å²) in [6, 6.07) is 14.9. The van der Waals surface area contributed by atoms with Crippen molar-refractivity contribution in [3.8, 4) is 5.75 Å². The summed E-state index contributed by atoms with van der Waals surface area (Å²) in [6.07, 6.45) is 0.735. The minimum Gasteiger partial charge on any atom is -0.497 e. The number of hydrogen-bond donors (Lipinski definition) is 1. The molecule has 136 valence electrons. The summed E-state index contributed by atoms with van der Waals surface area (Å²) >= 11 is 0. The largest absolute Gasteiger partial charge is 0.497 e. The van der Waals surface area contributed by atoms with Crippen LogP contribution in [-0.4, -0.2) is 15.5 Å². The molecule has 0 aliphatic heterocycles. The normalized spacial score (nSPS) is 13.0. The van der Waals surface area contributed by atoms with Gasteiger partial charge in [0, 0.05) is 6.04 Å². The third kappa shape index (κ3) is 6.18. The maximum atomic E-state index is 12.7. The van der Waals surface area contributed by atoms with Gasteiger partial charge in [0.1, 0.15) is 5.75 Å². The molecular weight excluding hydrogens is 334 g/mol. The van der Waals surface area contributed by atoms with Crippen molar-refractivity contribution in [3.05, 3.63) is 65.2 Å². The van der Waals surface area contributed by atoms with Gasteiger partial charge in [-0.3, -0.25) is 0 Å². The van der Waals surface area contributed by atoms with Crippen LogP contribution in [0.15, 0.2) is 48.5 Å². The van der Waals surface area contributed by atoms with Crippen LogP contribution in [0, 0.1) is 12.8 Å². The Kier molecular flexibility index (Phi) is 6.62. The van der Waals surface area contributed by atoms with Gasteiger partial charge < -0.3 is 4.74 Å². The lowest BCUT2D eigenvalue weighted by atomic mass is 9.98. The molecule has 0 unspecified atom stereocenters. The van der Waals surface area contributed by atoms with Gasteiger partial charge in [0.15, 0.2) is 0 Å². The average molecular weight is 362 g/mol. The number of sulfonamides is 1. The van der Waals surface area contributed by atoms with Crippen molar-refractivity contribution in [1.82, 2.24) is 4.72 Å². The van der Waals surface area contributed by atoms with Crippen molar-refractivity contribution in [2.75, 3.05) is 7.11 Å². The van der Waals surface area contributed by atoms with Crippen molar-refractivity contribution < 1.29 is 13.2 Å². The molecule has 0 saturated heterocycles. The Bertz CT molecular complexity index is 783. The Morgan fingerprint density at radius 2 is 1.76 bits per heavy atom. The molecule has 1 atom stereocenters. The summed E-state index contributed by atoms with van der Waals surface area (Å²) in [5.74, 6) is 1.11. The Labute approximate surface area is 151 Å². The van der Waals surface area contributed by atoms with E-state index >= 15 is 0 Å². The highest BCUT2D eigenvalue weighted by molar-refractivity contribution is 7.88. The smallest absolute Gasteiger partial charge is 0.216 e. The first kappa shape index (κ1) is 19.5. The summed E-state index contributed by atoms with van der Waals surface area (Å²) < 4.78 is 33.4.